The van der Waals surface area contributed by atoms with Crippen molar-refractivity contribution in [3.05, 3.63) is 45.3 Å². The van der Waals surface area contributed by atoms with Crippen LogP contribution in [0.4, 0.5) is 38.0 Å². The summed E-state index contributed by atoms with van der Waals surface area (Å²) in [5.74, 6) is 0.196. The van der Waals surface area contributed by atoms with E-state index in [9.17, 15) is 26.3 Å². The molecule has 0 bridgehead atoms. The number of anilines is 2. The molecule has 126 valence electrons. The van der Waals surface area contributed by atoms with Crippen LogP contribution < -0.4 is 11.5 Å². The average molecular weight is 450 g/mol. The van der Waals surface area contributed by atoms with E-state index >= 15 is 0 Å². The Kier molecular flexibility index (Phi) is 6.02. The zero-order valence-electron chi connectivity index (χ0n) is 11.1. The Balaban J connectivity index is 0.000000231. The van der Waals surface area contributed by atoms with Crippen molar-refractivity contribution in [3.8, 4) is 0 Å². The van der Waals surface area contributed by atoms with Gasteiger partial charge in [0.05, 0.1) is 14.7 Å². The van der Waals surface area contributed by atoms with Crippen LogP contribution in [0.1, 0.15) is 11.1 Å². The molecule has 2 rings (SSSR count). The van der Waals surface area contributed by atoms with E-state index < -0.39 is 23.5 Å². The predicted octanol–water partition coefficient (Wildman–Crippen LogP) is 3.97. The summed E-state index contributed by atoms with van der Waals surface area (Å²) in [7, 11) is 0. The van der Waals surface area contributed by atoms with Gasteiger partial charge in [-0.25, -0.2) is 9.97 Å². The molecule has 0 radical (unpaired) electrons. The number of rotatable bonds is 0. The minimum Gasteiger partial charge on any atom is -0.384 e. The van der Waals surface area contributed by atoms with Gasteiger partial charge in [-0.1, -0.05) is 0 Å². The standard InChI is InChI=1S/C6H4F3IN2.C6H5F3N2/c7-6(8,9)3-1-4(10)5(11)12-2-3;7-6(8,9)4-1-2-5(10)11-3-4/h1-2H,(H2,11,12);1-3H,(H2,10,11). The Morgan fingerprint density at radius 2 is 1.35 bits per heavy atom. The van der Waals surface area contributed by atoms with E-state index in [4.69, 9.17) is 11.5 Å². The highest BCUT2D eigenvalue weighted by Gasteiger charge is 2.31. The maximum Gasteiger partial charge on any atom is 0.417 e. The van der Waals surface area contributed by atoms with Crippen molar-refractivity contribution in [1.82, 2.24) is 9.97 Å². The highest BCUT2D eigenvalue weighted by Crippen LogP contribution is 2.30. The molecular weight excluding hydrogens is 441 g/mol. The number of nitrogens with two attached hydrogens (primary N) is 2. The van der Waals surface area contributed by atoms with Crippen LogP contribution in [0.15, 0.2) is 30.6 Å². The van der Waals surface area contributed by atoms with Gasteiger partial charge in [0, 0.05) is 12.4 Å². The van der Waals surface area contributed by atoms with Gasteiger partial charge in [-0.3, -0.25) is 0 Å². The summed E-state index contributed by atoms with van der Waals surface area (Å²) in [6, 6.07) is 2.97. The van der Waals surface area contributed by atoms with Gasteiger partial charge in [0.2, 0.25) is 0 Å². The molecule has 0 aliphatic heterocycles. The third kappa shape index (κ3) is 6.08. The van der Waals surface area contributed by atoms with Crippen LogP contribution in [-0.4, -0.2) is 9.97 Å². The lowest BCUT2D eigenvalue weighted by atomic mass is 10.3. The molecule has 0 fully saturated rings. The van der Waals surface area contributed by atoms with Crippen LogP contribution in [0.3, 0.4) is 0 Å². The predicted molar refractivity (Wildman–Crippen MR) is 80.0 cm³/mol. The van der Waals surface area contributed by atoms with Crippen LogP contribution in [-0.2, 0) is 12.4 Å². The van der Waals surface area contributed by atoms with Crippen LogP contribution in [0.25, 0.3) is 0 Å². The molecule has 4 N–H and O–H groups in total. The lowest BCUT2D eigenvalue weighted by molar-refractivity contribution is -0.138. The van der Waals surface area contributed by atoms with E-state index in [0.29, 0.717) is 9.77 Å². The van der Waals surface area contributed by atoms with E-state index in [-0.39, 0.29) is 11.6 Å². The molecule has 0 spiro atoms. The van der Waals surface area contributed by atoms with E-state index in [1.165, 1.54) is 0 Å². The van der Waals surface area contributed by atoms with Gasteiger partial charge in [-0.2, -0.15) is 26.3 Å². The number of halogens is 7. The summed E-state index contributed by atoms with van der Waals surface area (Å²) in [6.07, 6.45) is -7.26. The van der Waals surface area contributed by atoms with E-state index in [1.807, 2.05) is 0 Å². The first kappa shape index (κ1) is 19.3. The van der Waals surface area contributed by atoms with Gasteiger partial charge in [-0.15, -0.1) is 0 Å². The maximum atomic E-state index is 12.0. The molecule has 2 heterocycles. The third-order valence-corrected chi connectivity index (χ3v) is 3.17. The second-order valence-electron chi connectivity index (χ2n) is 4.06. The van der Waals surface area contributed by atoms with E-state index in [1.54, 1.807) is 22.6 Å². The smallest absolute Gasteiger partial charge is 0.384 e. The minimum absolute atomic E-state index is 0.0815. The minimum atomic E-state index is -4.35. The molecule has 0 unspecified atom stereocenters. The molecule has 4 nitrogen and oxygen atoms in total. The molecule has 0 atom stereocenters. The van der Waals surface area contributed by atoms with Gasteiger partial charge in [-0.05, 0) is 40.8 Å². The number of nitrogen functional groups attached to an aromatic ring is 2. The summed E-state index contributed by atoms with van der Waals surface area (Å²) in [6.45, 7) is 0. The van der Waals surface area contributed by atoms with Gasteiger partial charge in [0.15, 0.2) is 0 Å². The molecule has 11 heteroatoms. The van der Waals surface area contributed by atoms with Crippen LogP contribution in [0, 0.1) is 3.57 Å². The quantitative estimate of drug-likeness (QED) is 0.471. The van der Waals surface area contributed by atoms with E-state index in [2.05, 4.69) is 9.97 Å². The molecule has 0 aromatic carbocycles. The van der Waals surface area contributed by atoms with Crippen molar-refractivity contribution in [2.24, 2.45) is 0 Å². The van der Waals surface area contributed by atoms with Crippen molar-refractivity contribution in [2.45, 2.75) is 12.4 Å². The summed E-state index contributed by atoms with van der Waals surface area (Å²) >= 11 is 1.70. The Bertz CT molecular complexity index is 654. The monoisotopic (exact) mass is 450 g/mol. The zero-order valence-corrected chi connectivity index (χ0v) is 13.2. The summed E-state index contributed by atoms with van der Waals surface area (Å²) < 4.78 is 71.9. The van der Waals surface area contributed by atoms with Crippen LogP contribution in [0.5, 0.6) is 0 Å². The maximum absolute atomic E-state index is 12.0. The first-order valence-electron chi connectivity index (χ1n) is 5.68. The first-order chi connectivity index (χ1) is 10.4. The highest BCUT2D eigenvalue weighted by atomic mass is 127. The lowest BCUT2D eigenvalue weighted by Crippen LogP contribution is -2.07. The molecule has 0 amide bonds. The third-order valence-electron chi connectivity index (χ3n) is 2.31. The molecule has 23 heavy (non-hydrogen) atoms. The Hall–Kier alpha value is -1.79. The van der Waals surface area contributed by atoms with Gasteiger partial charge in [0.25, 0.3) is 0 Å². The molecule has 2 aromatic heterocycles. The summed E-state index contributed by atoms with van der Waals surface area (Å²) in [5, 5.41) is 0. The number of pyridine rings is 2. The van der Waals surface area contributed by atoms with Gasteiger partial charge < -0.3 is 11.5 Å². The number of hydrogen-bond donors (Lipinski definition) is 2. The number of nitrogens with zero attached hydrogens (tertiary/aromatic N) is 2. The van der Waals surface area contributed by atoms with Crippen LogP contribution >= 0.6 is 22.6 Å². The SMILES string of the molecule is Nc1ccc(C(F)(F)F)cn1.Nc1ncc(C(F)(F)F)cc1I. The fraction of sp³-hybridized carbons (Fsp3) is 0.167. The molecule has 0 saturated carbocycles. The summed E-state index contributed by atoms with van der Waals surface area (Å²) in [4.78, 5) is 6.70. The number of alkyl halides is 6. The molecule has 0 aliphatic carbocycles. The van der Waals surface area contributed by atoms with Crippen molar-refractivity contribution in [3.63, 3.8) is 0 Å². The largest absolute Gasteiger partial charge is 0.417 e. The van der Waals surface area contributed by atoms with Gasteiger partial charge >= 0.3 is 12.4 Å². The first-order valence-corrected chi connectivity index (χ1v) is 6.76. The fourth-order valence-corrected chi connectivity index (χ4v) is 1.65. The summed E-state index contributed by atoms with van der Waals surface area (Å²) in [5.41, 5.74) is 8.78. The number of aromatic nitrogens is 2. The molecule has 0 aliphatic rings. The molecular formula is C12H9F6IN4. The van der Waals surface area contributed by atoms with Crippen molar-refractivity contribution < 1.29 is 26.3 Å². The Labute approximate surface area is 140 Å². The lowest BCUT2D eigenvalue weighted by Gasteiger charge is -2.06. The van der Waals surface area contributed by atoms with Gasteiger partial charge in [0.1, 0.15) is 11.6 Å². The molecule has 2 aromatic rings. The second kappa shape index (κ2) is 7.19. The van der Waals surface area contributed by atoms with Crippen LogP contribution in [0.2, 0.25) is 0 Å². The average Bonchev–Trinajstić information content (AvgIpc) is 2.41. The molecule has 0 saturated heterocycles. The van der Waals surface area contributed by atoms with Crippen molar-refractivity contribution in [2.75, 3.05) is 11.5 Å². The second-order valence-corrected chi connectivity index (χ2v) is 5.22. The zero-order chi connectivity index (χ0) is 17.8. The topological polar surface area (TPSA) is 77.8 Å². The number of hydrogen-bond acceptors (Lipinski definition) is 4. The fourth-order valence-electron chi connectivity index (χ4n) is 1.18. The Morgan fingerprint density at radius 1 is 0.826 bits per heavy atom. The van der Waals surface area contributed by atoms with Crippen molar-refractivity contribution >= 4 is 34.2 Å². The van der Waals surface area contributed by atoms with E-state index in [0.717, 1.165) is 24.4 Å². The Morgan fingerprint density at radius 3 is 1.74 bits per heavy atom. The normalized spacial score (nSPS) is 11.6. The van der Waals surface area contributed by atoms with Crippen molar-refractivity contribution in [1.29, 1.82) is 0 Å². The highest BCUT2D eigenvalue weighted by molar-refractivity contribution is 14.1.